The predicted octanol–water partition coefficient (Wildman–Crippen LogP) is 2.82. The summed E-state index contributed by atoms with van der Waals surface area (Å²) < 4.78 is 5.26. The van der Waals surface area contributed by atoms with Crippen molar-refractivity contribution in [2.24, 2.45) is 0 Å². The number of piperidine rings is 1. The lowest BCUT2D eigenvalue weighted by Gasteiger charge is -2.30. The number of rotatable bonds is 3. The van der Waals surface area contributed by atoms with Gasteiger partial charge in [-0.15, -0.1) is 0 Å². The molecule has 0 unspecified atom stereocenters. The smallest absolute Gasteiger partial charge is 0.317 e. The van der Waals surface area contributed by atoms with E-state index in [4.69, 9.17) is 4.52 Å². The minimum atomic E-state index is 0.0543. The number of nitrogens with zero attached hydrogens (tertiary/aromatic N) is 3. The first-order chi connectivity index (χ1) is 11.7. The average molecular weight is 326 g/mol. The van der Waals surface area contributed by atoms with Gasteiger partial charge in [0, 0.05) is 31.0 Å². The Morgan fingerprint density at radius 1 is 1.25 bits per heavy atom. The third-order valence-electron chi connectivity index (χ3n) is 5.00. The molecule has 0 radical (unpaired) electrons. The molecule has 126 valence electrons. The van der Waals surface area contributed by atoms with Crippen molar-refractivity contribution < 1.29 is 9.32 Å². The summed E-state index contributed by atoms with van der Waals surface area (Å²) in [5.41, 5.74) is 1.31. The van der Waals surface area contributed by atoms with Crippen LogP contribution in [0.5, 0.6) is 0 Å². The zero-order valence-corrected chi connectivity index (χ0v) is 13.8. The summed E-state index contributed by atoms with van der Waals surface area (Å²) in [6, 6.07) is 10.7. The molecule has 1 aromatic carbocycles. The van der Waals surface area contributed by atoms with Crippen LogP contribution in [0.4, 0.5) is 4.79 Å². The Morgan fingerprint density at radius 2 is 2.00 bits per heavy atom. The summed E-state index contributed by atoms with van der Waals surface area (Å²) >= 11 is 0. The van der Waals surface area contributed by atoms with Crippen LogP contribution in [0.3, 0.4) is 0 Å². The van der Waals surface area contributed by atoms with Crippen molar-refractivity contribution in [3.63, 3.8) is 0 Å². The largest absolute Gasteiger partial charge is 0.339 e. The first kappa shape index (κ1) is 15.2. The number of benzene rings is 1. The zero-order valence-electron chi connectivity index (χ0n) is 13.8. The van der Waals surface area contributed by atoms with Gasteiger partial charge >= 0.3 is 6.03 Å². The Hall–Kier alpha value is -2.37. The molecule has 2 heterocycles. The molecule has 2 aromatic rings. The molecule has 1 N–H and O–H groups in total. The molecule has 24 heavy (non-hydrogen) atoms. The van der Waals surface area contributed by atoms with E-state index < -0.39 is 0 Å². The molecular formula is C18H22N4O2. The molecule has 4 rings (SSSR count). The Balaban J connectivity index is 1.27. The molecule has 1 saturated carbocycles. The highest BCUT2D eigenvalue weighted by Gasteiger charge is 2.40. The van der Waals surface area contributed by atoms with Crippen molar-refractivity contribution in [3.05, 3.63) is 47.6 Å². The lowest BCUT2D eigenvalue weighted by molar-refractivity contribution is 0.174. The highest BCUT2D eigenvalue weighted by atomic mass is 16.5. The van der Waals surface area contributed by atoms with Crippen molar-refractivity contribution in [1.82, 2.24) is 20.4 Å². The normalized spacial score (nSPS) is 24.0. The van der Waals surface area contributed by atoms with Crippen molar-refractivity contribution in [3.8, 4) is 0 Å². The Labute approximate surface area is 141 Å². The Kier molecular flexibility index (Phi) is 3.96. The van der Waals surface area contributed by atoms with Crippen molar-refractivity contribution >= 4 is 6.03 Å². The van der Waals surface area contributed by atoms with E-state index in [-0.39, 0.29) is 18.0 Å². The SMILES string of the molecule is Cc1noc(C2CCN(C(=O)N[C@@H]3C[C@H]3c3ccccc3)CC2)n1. The molecule has 2 amide bonds. The van der Waals surface area contributed by atoms with Crippen LogP contribution >= 0.6 is 0 Å². The van der Waals surface area contributed by atoms with E-state index in [9.17, 15) is 4.79 Å². The molecule has 6 nitrogen and oxygen atoms in total. The van der Waals surface area contributed by atoms with E-state index in [0.717, 1.165) is 32.4 Å². The highest BCUT2D eigenvalue weighted by Crippen LogP contribution is 2.40. The number of urea groups is 1. The lowest BCUT2D eigenvalue weighted by atomic mass is 9.97. The molecule has 0 bridgehead atoms. The van der Waals surface area contributed by atoms with Crippen LogP contribution < -0.4 is 5.32 Å². The summed E-state index contributed by atoms with van der Waals surface area (Å²) in [4.78, 5) is 18.6. The molecule has 1 aliphatic heterocycles. The third kappa shape index (κ3) is 3.13. The maximum absolute atomic E-state index is 12.4. The average Bonchev–Trinajstić information content (AvgIpc) is 3.25. The van der Waals surface area contributed by atoms with Gasteiger partial charge in [-0.25, -0.2) is 4.79 Å². The van der Waals surface area contributed by atoms with Gasteiger partial charge in [-0.1, -0.05) is 35.5 Å². The zero-order chi connectivity index (χ0) is 16.5. The molecule has 6 heteroatoms. The topological polar surface area (TPSA) is 71.3 Å². The summed E-state index contributed by atoms with van der Waals surface area (Å²) in [6.07, 6.45) is 2.79. The Bertz CT molecular complexity index is 707. The molecule has 1 aromatic heterocycles. The monoisotopic (exact) mass is 326 g/mol. The van der Waals surface area contributed by atoms with Gasteiger partial charge in [-0.05, 0) is 31.7 Å². The lowest BCUT2D eigenvalue weighted by Crippen LogP contribution is -2.45. The highest BCUT2D eigenvalue weighted by molar-refractivity contribution is 5.75. The van der Waals surface area contributed by atoms with E-state index in [1.165, 1.54) is 5.56 Å². The van der Waals surface area contributed by atoms with Gasteiger partial charge in [0.15, 0.2) is 5.82 Å². The molecule has 2 atom stereocenters. The van der Waals surface area contributed by atoms with Gasteiger partial charge < -0.3 is 14.7 Å². The van der Waals surface area contributed by atoms with Gasteiger partial charge in [0.1, 0.15) is 0 Å². The maximum Gasteiger partial charge on any atom is 0.317 e. The molecule has 2 fully saturated rings. The van der Waals surface area contributed by atoms with E-state index in [2.05, 4.69) is 39.7 Å². The fourth-order valence-electron chi connectivity index (χ4n) is 3.48. The summed E-state index contributed by atoms with van der Waals surface area (Å²) in [7, 11) is 0. The van der Waals surface area contributed by atoms with Crippen LogP contribution in [0.2, 0.25) is 0 Å². The standard InChI is InChI=1S/C18H22N4O2/c1-12-19-17(24-21-12)14-7-9-22(10-8-14)18(23)20-16-11-15(16)13-5-3-2-4-6-13/h2-6,14-16H,7-11H2,1H3,(H,20,23)/t15-,16+/m0/s1. The van der Waals surface area contributed by atoms with E-state index in [1.807, 2.05) is 17.9 Å². The van der Waals surface area contributed by atoms with Crippen LogP contribution in [-0.4, -0.2) is 40.2 Å². The predicted molar refractivity (Wildman–Crippen MR) is 88.7 cm³/mol. The molecule has 0 spiro atoms. The fraction of sp³-hybridized carbons (Fsp3) is 0.500. The summed E-state index contributed by atoms with van der Waals surface area (Å²) in [5, 5.41) is 7.02. The van der Waals surface area contributed by atoms with Gasteiger partial charge in [-0.2, -0.15) is 4.98 Å². The number of carbonyl (C=O) groups is 1. The van der Waals surface area contributed by atoms with Crippen LogP contribution in [-0.2, 0) is 0 Å². The van der Waals surface area contributed by atoms with Crippen molar-refractivity contribution in [2.45, 2.75) is 44.1 Å². The Morgan fingerprint density at radius 3 is 2.67 bits per heavy atom. The first-order valence-corrected chi connectivity index (χ1v) is 8.61. The number of aryl methyl sites for hydroxylation is 1. The van der Waals surface area contributed by atoms with Crippen molar-refractivity contribution in [2.75, 3.05) is 13.1 Å². The molecule has 1 saturated heterocycles. The molecule has 1 aliphatic carbocycles. The second kappa shape index (κ2) is 6.26. The number of carbonyl (C=O) groups excluding carboxylic acids is 1. The van der Waals surface area contributed by atoms with E-state index in [1.54, 1.807) is 0 Å². The van der Waals surface area contributed by atoms with Crippen molar-refractivity contribution in [1.29, 1.82) is 0 Å². The van der Waals surface area contributed by atoms with E-state index >= 15 is 0 Å². The quantitative estimate of drug-likeness (QED) is 0.941. The molecular weight excluding hydrogens is 304 g/mol. The van der Waals surface area contributed by atoms with Crippen LogP contribution in [0.25, 0.3) is 0 Å². The maximum atomic E-state index is 12.4. The first-order valence-electron chi connectivity index (χ1n) is 8.61. The number of hydrogen-bond acceptors (Lipinski definition) is 4. The van der Waals surface area contributed by atoms with E-state index in [0.29, 0.717) is 17.6 Å². The second-order valence-electron chi connectivity index (χ2n) is 6.75. The van der Waals surface area contributed by atoms with Gasteiger partial charge in [-0.3, -0.25) is 0 Å². The fourth-order valence-corrected chi connectivity index (χ4v) is 3.48. The van der Waals surface area contributed by atoms with Crippen LogP contribution in [0.1, 0.15) is 48.4 Å². The minimum absolute atomic E-state index is 0.0543. The minimum Gasteiger partial charge on any atom is -0.339 e. The van der Waals surface area contributed by atoms with Gasteiger partial charge in [0.25, 0.3) is 0 Å². The van der Waals surface area contributed by atoms with Gasteiger partial charge in [0.2, 0.25) is 5.89 Å². The van der Waals surface area contributed by atoms with Gasteiger partial charge in [0.05, 0.1) is 0 Å². The summed E-state index contributed by atoms with van der Waals surface area (Å²) in [5.74, 6) is 2.12. The number of nitrogens with one attached hydrogen (secondary N) is 1. The molecule has 2 aliphatic rings. The number of hydrogen-bond donors (Lipinski definition) is 1. The second-order valence-corrected chi connectivity index (χ2v) is 6.75. The number of likely N-dealkylation sites (tertiary alicyclic amines) is 1. The van der Waals surface area contributed by atoms with Crippen LogP contribution in [0, 0.1) is 6.92 Å². The number of amides is 2. The summed E-state index contributed by atoms with van der Waals surface area (Å²) in [6.45, 7) is 3.30. The number of aromatic nitrogens is 2. The third-order valence-corrected chi connectivity index (χ3v) is 5.00. The van der Waals surface area contributed by atoms with Crippen LogP contribution in [0.15, 0.2) is 34.9 Å².